The monoisotopic (exact) mass is 349 g/mol. The molecule has 1 rings (SSSR count). The summed E-state index contributed by atoms with van der Waals surface area (Å²) < 4.78 is 2.14. The molecule has 0 aliphatic heterocycles. The molecule has 0 aliphatic carbocycles. The van der Waals surface area contributed by atoms with Gasteiger partial charge in [0.1, 0.15) is 0 Å². The van der Waals surface area contributed by atoms with Crippen LogP contribution in [-0.4, -0.2) is 17.8 Å². The van der Waals surface area contributed by atoms with Crippen LogP contribution < -0.4 is 5.32 Å². The van der Waals surface area contributed by atoms with Gasteiger partial charge in [0, 0.05) is 21.5 Å². The highest BCUT2D eigenvalue weighted by Gasteiger charge is 2.10. The van der Waals surface area contributed by atoms with E-state index in [0.29, 0.717) is 6.54 Å². The van der Waals surface area contributed by atoms with E-state index in [4.69, 9.17) is 0 Å². The second-order valence-corrected chi connectivity index (χ2v) is 5.63. The summed E-state index contributed by atoms with van der Waals surface area (Å²) in [7, 11) is 0. The van der Waals surface area contributed by atoms with Gasteiger partial charge in [-0.2, -0.15) is 0 Å². The molecule has 0 spiro atoms. The predicted octanol–water partition coefficient (Wildman–Crippen LogP) is 3.63. The van der Waals surface area contributed by atoms with Gasteiger partial charge < -0.3 is 10.4 Å². The number of halogens is 2. The molecule has 2 N–H and O–H groups in total. The first-order valence-corrected chi connectivity index (χ1v) is 6.99. The maximum absolute atomic E-state index is 9.49. The highest BCUT2D eigenvalue weighted by atomic mass is 79.9. The van der Waals surface area contributed by atoms with E-state index in [1.807, 2.05) is 19.1 Å². The summed E-state index contributed by atoms with van der Waals surface area (Å²) in [5.41, 5.74) is 1.20. The Morgan fingerprint density at radius 1 is 1.38 bits per heavy atom. The van der Waals surface area contributed by atoms with E-state index >= 15 is 0 Å². The highest BCUT2D eigenvalue weighted by Crippen LogP contribution is 2.26. The van der Waals surface area contributed by atoms with Gasteiger partial charge in [-0.05, 0) is 31.0 Å². The Bertz CT molecular complexity index is 344. The van der Waals surface area contributed by atoms with Gasteiger partial charge in [0.15, 0.2) is 0 Å². The maximum Gasteiger partial charge on any atom is 0.0662 e. The topological polar surface area (TPSA) is 32.3 Å². The largest absolute Gasteiger partial charge is 0.392 e. The van der Waals surface area contributed by atoms with E-state index in [9.17, 15) is 5.11 Å². The van der Waals surface area contributed by atoms with Gasteiger partial charge in [-0.15, -0.1) is 0 Å². The van der Waals surface area contributed by atoms with Crippen LogP contribution in [0.1, 0.15) is 31.9 Å². The fourth-order valence-electron chi connectivity index (χ4n) is 1.42. The van der Waals surface area contributed by atoms with Crippen molar-refractivity contribution in [2.24, 2.45) is 0 Å². The second-order valence-electron chi connectivity index (χ2n) is 3.86. The molecule has 2 unspecified atom stereocenters. The average Bonchev–Trinajstić information content (AvgIpc) is 2.25. The minimum atomic E-state index is -0.267. The summed E-state index contributed by atoms with van der Waals surface area (Å²) in [6, 6.07) is 6.35. The lowest BCUT2D eigenvalue weighted by molar-refractivity contribution is 0.163. The van der Waals surface area contributed by atoms with Crippen molar-refractivity contribution in [2.45, 2.75) is 32.4 Å². The molecular formula is C12H17Br2NO. The number of hydrogen-bond acceptors (Lipinski definition) is 2. The van der Waals surface area contributed by atoms with Gasteiger partial charge in [-0.1, -0.05) is 44.8 Å². The zero-order valence-corrected chi connectivity index (χ0v) is 12.7. The fourth-order valence-corrected chi connectivity index (χ4v) is 2.81. The van der Waals surface area contributed by atoms with Gasteiger partial charge in [0.05, 0.1) is 6.10 Å². The number of aliphatic hydroxyl groups excluding tert-OH is 1. The molecule has 0 aliphatic rings. The average molecular weight is 351 g/mol. The first-order chi connectivity index (χ1) is 7.54. The van der Waals surface area contributed by atoms with Crippen molar-refractivity contribution < 1.29 is 5.11 Å². The molecule has 0 aromatic heterocycles. The summed E-state index contributed by atoms with van der Waals surface area (Å²) in [4.78, 5) is 0. The summed E-state index contributed by atoms with van der Waals surface area (Å²) >= 11 is 6.97. The van der Waals surface area contributed by atoms with Crippen LogP contribution in [0.3, 0.4) is 0 Å². The van der Waals surface area contributed by atoms with Gasteiger partial charge in [-0.25, -0.2) is 0 Å². The predicted molar refractivity (Wildman–Crippen MR) is 74.6 cm³/mol. The van der Waals surface area contributed by atoms with Gasteiger partial charge >= 0.3 is 0 Å². The van der Waals surface area contributed by atoms with E-state index in [0.717, 1.165) is 15.4 Å². The molecule has 0 amide bonds. The summed E-state index contributed by atoms with van der Waals surface area (Å²) in [5, 5.41) is 12.8. The molecule has 2 atom stereocenters. The molecule has 0 saturated heterocycles. The van der Waals surface area contributed by atoms with Crippen LogP contribution >= 0.6 is 31.9 Å². The van der Waals surface area contributed by atoms with Crippen LogP contribution in [0.15, 0.2) is 27.1 Å². The number of rotatable bonds is 5. The second kappa shape index (κ2) is 6.74. The Morgan fingerprint density at radius 2 is 2.06 bits per heavy atom. The minimum Gasteiger partial charge on any atom is -0.392 e. The molecule has 90 valence electrons. The van der Waals surface area contributed by atoms with Crippen LogP contribution in [-0.2, 0) is 0 Å². The Morgan fingerprint density at radius 3 is 2.62 bits per heavy atom. The lowest BCUT2D eigenvalue weighted by atomic mass is 10.1. The molecule has 1 aromatic rings. The van der Waals surface area contributed by atoms with E-state index < -0.39 is 0 Å². The molecular weight excluding hydrogens is 334 g/mol. The molecule has 4 heteroatoms. The summed E-state index contributed by atoms with van der Waals surface area (Å²) in [6.07, 6.45) is 0.512. The molecule has 0 saturated carbocycles. The van der Waals surface area contributed by atoms with E-state index in [1.54, 1.807) is 0 Å². The molecule has 1 aromatic carbocycles. The van der Waals surface area contributed by atoms with E-state index in [-0.39, 0.29) is 12.1 Å². The summed E-state index contributed by atoms with van der Waals surface area (Å²) in [6.45, 7) is 4.70. The Hall–Kier alpha value is 0.1000. The zero-order valence-electron chi connectivity index (χ0n) is 9.50. The van der Waals surface area contributed by atoms with Crippen LogP contribution in [0.4, 0.5) is 0 Å². The normalized spacial score (nSPS) is 14.8. The Kier molecular flexibility index (Phi) is 5.97. The third-order valence-electron chi connectivity index (χ3n) is 2.56. The van der Waals surface area contributed by atoms with Crippen molar-refractivity contribution in [3.8, 4) is 0 Å². The molecule has 0 fully saturated rings. The van der Waals surface area contributed by atoms with Crippen LogP contribution in [0.2, 0.25) is 0 Å². The molecule has 16 heavy (non-hydrogen) atoms. The van der Waals surface area contributed by atoms with Crippen LogP contribution in [0, 0.1) is 0 Å². The lowest BCUT2D eigenvalue weighted by Crippen LogP contribution is -2.28. The first kappa shape index (κ1) is 14.2. The summed E-state index contributed by atoms with van der Waals surface area (Å²) in [5.74, 6) is 0. The maximum atomic E-state index is 9.49. The standard InChI is InChI=1S/C12H17Br2NO/c1-3-10(16)7-15-8(2)11-5-4-9(13)6-12(11)14/h4-6,8,10,15-16H,3,7H2,1-2H3. The van der Waals surface area contributed by atoms with Crippen molar-refractivity contribution in [3.63, 3.8) is 0 Å². The Balaban J connectivity index is 2.62. The fraction of sp³-hybridized carbons (Fsp3) is 0.500. The van der Waals surface area contributed by atoms with Gasteiger partial charge in [-0.3, -0.25) is 0 Å². The van der Waals surface area contributed by atoms with Crippen LogP contribution in [0.5, 0.6) is 0 Å². The van der Waals surface area contributed by atoms with Crippen molar-refractivity contribution in [2.75, 3.05) is 6.54 Å². The zero-order chi connectivity index (χ0) is 12.1. The third-order valence-corrected chi connectivity index (χ3v) is 3.74. The van der Waals surface area contributed by atoms with Gasteiger partial charge in [0.2, 0.25) is 0 Å². The number of nitrogens with one attached hydrogen (secondary N) is 1. The molecule has 0 heterocycles. The smallest absolute Gasteiger partial charge is 0.0662 e. The Labute approximate surface area is 114 Å². The number of hydrogen-bond donors (Lipinski definition) is 2. The molecule has 0 radical (unpaired) electrons. The molecule has 0 bridgehead atoms. The van der Waals surface area contributed by atoms with Crippen LogP contribution in [0.25, 0.3) is 0 Å². The highest BCUT2D eigenvalue weighted by molar-refractivity contribution is 9.11. The molecule has 2 nitrogen and oxygen atoms in total. The van der Waals surface area contributed by atoms with Crippen molar-refractivity contribution in [1.82, 2.24) is 5.32 Å². The van der Waals surface area contributed by atoms with E-state index in [2.05, 4.69) is 50.2 Å². The lowest BCUT2D eigenvalue weighted by Gasteiger charge is -2.18. The van der Waals surface area contributed by atoms with Crippen molar-refractivity contribution in [3.05, 3.63) is 32.7 Å². The SMILES string of the molecule is CCC(O)CNC(C)c1ccc(Br)cc1Br. The number of benzene rings is 1. The first-order valence-electron chi connectivity index (χ1n) is 5.41. The minimum absolute atomic E-state index is 0.226. The number of aliphatic hydroxyl groups is 1. The quantitative estimate of drug-likeness (QED) is 0.849. The van der Waals surface area contributed by atoms with Gasteiger partial charge in [0.25, 0.3) is 0 Å². The van der Waals surface area contributed by atoms with Crippen molar-refractivity contribution in [1.29, 1.82) is 0 Å². The third kappa shape index (κ3) is 4.17. The van der Waals surface area contributed by atoms with Crippen molar-refractivity contribution >= 4 is 31.9 Å². The van der Waals surface area contributed by atoms with E-state index in [1.165, 1.54) is 5.56 Å².